The predicted molar refractivity (Wildman–Crippen MR) is 38.6 cm³/mol. The zero-order chi connectivity index (χ0) is 10.3. The summed E-state index contributed by atoms with van der Waals surface area (Å²) < 4.78 is 0. The number of aliphatic carboxylic acids is 2. The van der Waals surface area contributed by atoms with Gasteiger partial charge in [0.15, 0.2) is 0 Å². The maximum Gasteiger partial charge on any atom is 2.00 e. The Kier molecular flexibility index (Phi) is 13.3. The summed E-state index contributed by atoms with van der Waals surface area (Å²) in [6, 6.07) is 0. The molecule has 0 aliphatic rings. The van der Waals surface area contributed by atoms with Gasteiger partial charge in [-0.1, -0.05) is 0 Å². The number of aliphatic hydroxyl groups excluding tert-OH is 2. The first kappa shape index (κ1) is 18.2. The number of hydrogen-bond acceptors (Lipinski definition) is 4. The Labute approximate surface area is 85.7 Å². The minimum atomic E-state index is -1.23. The van der Waals surface area contributed by atoms with Crippen LogP contribution in [0.4, 0.5) is 0 Å². The van der Waals surface area contributed by atoms with Crippen LogP contribution in [0.25, 0.3) is 0 Å². The van der Waals surface area contributed by atoms with E-state index in [1.807, 2.05) is 0 Å². The minimum absolute atomic E-state index is 0. The van der Waals surface area contributed by atoms with Crippen molar-refractivity contribution in [2.75, 3.05) is 0 Å². The van der Waals surface area contributed by atoms with Gasteiger partial charge in [0.05, 0.1) is 0 Å². The summed E-state index contributed by atoms with van der Waals surface area (Å²) in [5.41, 5.74) is 0. The number of carboxylic acids is 2. The Hall–Kier alpha value is -0.621. The van der Waals surface area contributed by atoms with Gasteiger partial charge in [0, 0.05) is 0 Å². The third kappa shape index (κ3) is 18.4. The molecule has 0 radical (unpaired) electrons. The molecule has 0 amide bonds. The van der Waals surface area contributed by atoms with E-state index in [4.69, 9.17) is 20.4 Å². The van der Waals surface area contributed by atoms with E-state index < -0.39 is 24.1 Å². The fraction of sp³-hybridized carbons (Fsp3) is 0.667. The average Bonchev–Trinajstić information content (AvgIpc) is 1.88. The predicted octanol–water partition coefficient (Wildman–Crippen LogP) is -1.10. The zero-order valence-corrected chi connectivity index (χ0v) is 8.22. The summed E-state index contributed by atoms with van der Waals surface area (Å²) in [5, 5.41) is 31.5. The molecule has 0 aliphatic carbocycles. The first-order chi connectivity index (χ1) is 5.29. The number of hydrogen-bond donors (Lipinski definition) is 4. The van der Waals surface area contributed by atoms with Gasteiger partial charge in [-0.15, -0.1) is 0 Å². The van der Waals surface area contributed by atoms with Gasteiger partial charge in [-0.05, 0) is 13.8 Å². The topological polar surface area (TPSA) is 115 Å². The van der Waals surface area contributed by atoms with E-state index in [0.29, 0.717) is 0 Å². The first-order valence-corrected chi connectivity index (χ1v) is 3.10. The summed E-state index contributed by atoms with van der Waals surface area (Å²) in [4.78, 5) is 18.9. The SMILES string of the molecule is CC(O)C(=O)O.CC(O)C(=O)O.[Fe+2]. The van der Waals surface area contributed by atoms with Gasteiger partial charge in [-0.3, -0.25) is 0 Å². The van der Waals surface area contributed by atoms with Crippen molar-refractivity contribution in [2.24, 2.45) is 0 Å². The summed E-state index contributed by atoms with van der Waals surface area (Å²) in [6.45, 7) is 2.39. The molecule has 0 saturated carbocycles. The van der Waals surface area contributed by atoms with Crippen LogP contribution in [0.2, 0.25) is 0 Å². The standard InChI is InChI=1S/2C3H6O3.Fe/c2*1-2(4)3(5)6;/h2*2,4H,1H3,(H,5,6);/q;;+2. The quantitative estimate of drug-likeness (QED) is 0.452. The Balaban J connectivity index is -0.000000143. The van der Waals surface area contributed by atoms with Crippen molar-refractivity contribution in [2.45, 2.75) is 26.1 Å². The zero-order valence-electron chi connectivity index (χ0n) is 7.11. The number of carboxylic acid groups (broad SMARTS) is 2. The molecule has 0 fully saturated rings. The van der Waals surface area contributed by atoms with Gasteiger partial charge in [0.2, 0.25) is 0 Å². The molecule has 0 bridgehead atoms. The molecule has 2 atom stereocenters. The van der Waals surface area contributed by atoms with E-state index >= 15 is 0 Å². The molecule has 6 nitrogen and oxygen atoms in total. The maximum atomic E-state index is 9.45. The molecule has 0 aromatic carbocycles. The fourth-order valence-electron chi connectivity index (χ4n) is 0. The molecule has 0 aromatic heterocycles. The van der Waals surface area contributed by atoms with Crippen LogP contribution in [0.15, 0.2) is 0 Å². The van der Waals surface area contributed by atoms with Gasteiger partial charge in [0.25, 0.3) is 0 Å². The monoisotopic (exact) mass is 236 g/mol. The average molecular weight is 236 g/mol. The van der Waals surface area contributed by atoms with Gasteiger partial charge in [0.1, 0.15) is 12.2 Å². The van der Waals surface area contributed by atoms with Crippen molar-refractivity contribution in [1.82, 2.24) is 0 Å². The summed E-state index contributed by atoms with van der Waals surface area (Å²) in [7, 11) is 0. The third-order valence-corrected chi connectivity index (χ3v) is 0.715. The van der Waals surface area contributed by atoms with Gasteiger partial charge >= 0.3 is 29.0 Å². The van der Waals surface area contributed by atoms with Crippen LogP contribution in [0.3, 0.4) is 0 Å². The van der Waals surface area contributed by atoms with E-state index in [-0.39, 0.29) is 17.1 Å². The normalized spacial score (nSPS) is 12.6. The van der Waals surface area contributed by atoms with Crippen molar-refractivity contribution < 1.29 is 47.1 Å². The van der Waals surface area contributed by atoms with Crippen molar-refractivity contribution in [3.63, 3.8) is 0 Å². The molecule has 78 valence electrons. The molecule has 7 heteroatoms. The first-order valence-electron chi connectivity index (χ1n) is 3.10. The van der Waals surface area contributed by atoms with Crippen LogP contribution in [0, 0.1) is 0 Å². The Morgan fingerprint density at radius 2 is 1.00 bits per heavy atom. The number of carbonyl (C=O) groups is 2. The maximum absolute atomic E-state index is 9.45. The van der Waals surface area contributed by atoms with Crippen LogP contribution < -0.4 is 0 Å². The van der Waals surface area contributed by atoms with Crippen molar-refractivity contribution >= 4 is 11.9 Å². The second-order valence-corrected chi connectivity index (χ2v) is 2.03. The van der Waals surface area contributed by atoms with Crippen LogP contribution in [-0.2, 0) is 26.7 Å². The largest absolute Gasteiger partial charge is 2.00 e. The molecule has 13 heavy (non-hydrogen) atoms. The van der Waals surface area contributed by atoms with E-state index in [1.54, 1.807) is 0 Å². The molecule has 0 rings (SSSR count). The van der Waals surface area contributed by atoms with Gasteiger partial charge in [-0.2, -0.15) is 0 Å². The minimum Gasteiger partial charge on any atom is -0.479 e. The van der Waals surface area contributed by atoms with Crippen LogP contribution in [0.5, 0.6) is 0 Å². The summed E-state index contributed by atoms with van der Waals surface area (Å²) >= 11 is 0. The van der Waals surface area contributed by atoms with Crippen molar-refractivity contribution in [3.8, 4) is 0 Å². The third-order valence-electron chi connectivity index (χ3n) is 0.715. The molecule has 0 aromatic rings. The number of rotatable bonds is 2. The van der Waals surface area contributed by atoms with Crippen LogP contribution in [0.1, 0.15) is 13.8 Å². The summed E-state index contributed by atoms with van der Waals surface area (Å²) in [5.74, 6) is -2.37. The van der Waals surface area contributed by atoms with E-state index in [1.165, 1.54) is 13.8 Å². The molecule has 0 spiro atoms. The molecular formula is C6H12FeO6+2. The fourth-order valence-corrected chi connectivity index (χ4v) is 0. The number of aliphatic hydroxyl groups is 2. The summed E-state index contributed by atoms with van der Waals surface area (Å²) in [6.07, 6.45) is -2.46. The van der Waals surface area contributed by atoms with E-state index in [2.05, 4.69) is 0 Å². The van der Waals surface area contributed by atoms with Gasteiger partial charge < -0.3 is 20.4 Å². The van der Waals surface area contributed by atoms with E-state index in [9.17, 15) is 9.59 Å². The van der Waals surface area contributed by atoms with Crippen molar-refractivity contribution in [3.05, 3.63) is 0 Å². The van der Waals surface area contributed by atoms with Crippen molar-refractivity contribution in [1.29, 1.82) is 0 Å². The van der Waals surface area contributed by atoms with E-state index in [0.717, 1.165) is 0 Å². The second kappa shape index (κ2) is 9.47. The van der Waals surface area contributed by atoms with Crippen LogP contribution in [-0.4, -0.2) is 44.6 Å². The molecule has 0 saturated heterocycles. The van der Waals surface area contributed by atoms with Crippen LogP contribution >= 0.6 is 0 Å². The molecular weight excluding hydrogens is 224 g/mol. The Bertz CT molecular complexity index is 137. The molecule has 0 aliphatic heterocycles. The molecule has 2 unspecified atom stereocenters. The Morgan fingerprint density at radius 1 is 0.923 bits per heavy atom. The second-order valence-electron chi connectivity index (χ2n) is 2.03. The van der Waals surface area contributed by atoms with Gasteiger partial charge in [-0.25, -0.2) is 9.59 Å². The Morgan fingerprint density at radius 3 is 1.00 bits per heavy atom. The molecule has 4 N–H and O–H groups in total. The smallest absolute Gasteiger partial charge is 0.479 e. The molecule has 0 heterocycles.